The molecule has 3 rings (SSSR count). The van der Waals surface area contributed by atoms with E-state index in [1.807, 2.05) is 13.8 Å². The molecule has 1 N–H and O–H groups in total. The van der Waals surface area contributed by atoms with Crippen molar-refractivity contribution in [3.63, 3.8) is 0 Å². The van der Waals surface area contributed by atoms with Crippen molar-refractivity contribution >= 4 is 33.3 Å². The van der Waals surface area contributed by atoms with E-state index < -0.39 is 21.6 Å². The maximum Gasteiger partial charge on any atom is 0.337 e. The van der Waals surface area contributed by atoms with Crippen molar-refractivity contribution < 1.29 is 27.5 Å². The molecule has 8 nitrogen and oxygen atoms in total. The number of fused-ring (bicyclic) bond motifs is 1. The van der Waals surface area contributed by atoms with Crippen LogP contribution in [0.5, 0.6) is 5.75 Å². The van der Waals surface area contributed by atoms with Crippen LogP contribution in [0.3, 0.4) is 0 Å². The number of carbonyl (C=O) groups is 2. The van der Waals surface area contributed by atoms with Crippen LogP contribution in [0.15, 0.2) is 47.4 Å². The summed E-state index contributed by atoms with van der Waals surface area (Å²) in [7, 11) is -2.65. The number of anilines is 2. The summed E-state index contributed by atoms with van der Waals surface area (Å²) in [6.07, 6.45) is 0. The molecule has 0 spiro atoms. The van der Waals surface area contributed by atoms with E-state index in [0.717, 1.165) is 0 Å². The highest BCUT2D eigenvalue weighted by atomic mass is 32.2. The first-order chi connectivity index (χ1) is 13.5. The summed E-state index contributed by atoms with van der Waals surface area (Å²) in [5, 5.41) is 0. The second kappa shape index (κ2) is 7.40. The van der Waals surface area contributed by atoms with E-state index in [-0.39, 0.29) is 16.5 Å². The van der Waals surface area contributed by atoms with Gasteiger partial charge < -0.3 is 14.4 Å². The summed E-state index contributed by atoms with van der Waals surface area (Å²) in [4.78, 5) is 25.1. The molecule has 0 aromatic heterocycles. The number of esters is 1. The van der Waals surface area contributed by atoms with Gasteiger partial charge in [0.05, 0.1) is 29.8 Å². The second-order valence-electron chi connectivity index (χ2n) is 7.27. The van der Waals surface area contributed by atoms with Crippen molar-refractivity contribution in [2.24, 2.45) is 0 Å². The van der Waals surface area contributed by atoms with Crippen LogP contribution in [-0.2, 0) is 19.6 Å². The van der Waals surface area contributed by atoms with Gasteiger partial charge in [-0.3, -0.25) is 9.52 Å². The van der Waals surface area contributed by atoms with Crippen molar-refractivity contribution in [1.29, 1.82) is 0 Å². The number of amides is 1. The van der Waals surface area contributed by atoms with Crippen LogP contribution >= 0.6 is 0 Å². The molecule has 0 saturated heterocycles. The minimum Gasteiger partial charge on any atom is -0.484 e. The molecule has 0 atom stereocenters. The lowest BCUT2D eigenvalue weighted by molar-refractivity contribution is -0.117. The van der Waals surface area contributed by atoms with Gasteiger partial charge in [0.2, 0.25) is 5.91 Å². The highest BCUT2D eigenvalue weighted by Crippen LogP contribution is 2.38. The van der Waals surface area contributed by atoms with Crippen LogP contribution in [0.1, 0.15) is 31.1 Å². The van der Waals surface area contributed by atoms with E-state index >= 15 is 0 Å². The first kappa shape index (κ1) is 20.7. The van der Waals surface area contributed by atoms with Gasteiger partial charge in [-0.05, 0) is 56.3 Å². The summed E-state index contributed by atoms with van der Waals surface area (Å²) >= 11 is 0. The van der Waals surface area contributed by atoms with E-state index in [4.69, 9.17) is 4.74 Å². The maximum absolute atomic E-state index is 12.8. The molecule has 1 aliphatic rings. The van der Waals surface area contributed by atoms with Crippen LogP contribution in [0.25, 0.3) is 0 Å². The summed E-state index contributed by atoms with van der Waals surface area (Å²) in [6, 6.07) is 10.2. The second-order valence-corrected chi connectivity index (χ2v) is 8.95. The molecule has 154 valence electrons. The number of nitrogens with one attached hydrogen (secondary N) is 1. The maximum atomic E-state index is 12.8. The Bertz CT molecular complexity index is 1060. The van der Waals surface area contributed by atoms with Crippen LogP contribution in [-0.4, -0.2) is 39.5 Å². The number of ether oxygens (including phenoxy) is 2. The monoisotopic (exact) mass is 418 g/mol. The third-order valence-electron chi connectivity index (χ3n) is 4.39. The Morgan fingerprint density at radius 3 is 2.38 bits per heavy atom. The standard InChI is InChI=1S/C20H22N2O6S/c1-13(23)22-12-20(2,3)28-18-10-9-16(11-17(18)22)29(25,26)21-15-7-5-14(6-8-15)19(24)27-4/h5-11,21H,12H2,1-4H3. The molecule has 0 aliphatic carbocycles. The van der Waals surface area contributed by atoms with Crippen molar-refractivity contribution in [3.8, 4) is 5.75 Å². The van der Waals surface area contributed by atoms with Gasteiger partial charge in [0.25, 0.3) is 10.0 Å². The predicted octanol–water partition coefficient (Wildman–Crippen LogP) is 2.80. The molecule has 29 heavy (non-hydrogen) atoms. The Kier molecular flexibility index (Phi) is 5.27. The molecule has 0 radical (unpaired) electrons. The largest absolute Gasteiger partial charge is 0.484 e. The third kappa shape index (κ3) is 4.34. The van der Waals surface area contributed by atoms with Crippen molar-refractivity contribution in [2.75, 3.05) is 23.3 Å². The van der Waals surface area contributed by atoms with Gasteiger partial charge in [-0.15, -0.1) is 0 Å². The number of methoxy groups -OCH3 is 1. The fraction of sp³-hybridized carbons (Fsp3) is 0.300. The van der Waals surface area contributed by atoms with Gasteiger partial charge in [-0.1, -0.05) is 0 Å². The Hall–Kier alpha value is -3.07. The molecule has 1 aliphatic heterocycles. The van der Waals surface area contributed by atoms with Crippen molar-refractivity contribution in [2.45, 2.75) is 31.3 Å². The Morgan fingerprint density at radius 1 is 1.14 bits per heavy atom. The van der Waals surface area contributed by atoms with Crippen LogP contribution in [0, 0.1) is 0 Å². The minimum atomic E-state index is -3.92. The lowest BCUT2D eigenvalue weighted by Crippen LogP contribution is -2.48. The molecular formula is C20H22N2O6S. The summed E-state index contributed by atoms with van der Waals surface area (Å²) in [5.41, 5.74) is 0.414. The number of hydrogen-bond acceptors (Lipinski definition) is 6. The lowest BCUT2D eigenvalue weighted by atomic mass is 10.1. The highest BCUT2D eigenvalue weighted by molar-refractivity contribution is 7.92. The van der Waals surface area contributed by atoms with E-state index in [1.54, 1.807) is 6.07 Å². The number of carbonyl (C=O) groups excluding carboxylic acids is 2. The first-order valence-corrected chi connectivity index (χ1v) is 10.3. The third-order valence-corrected chi connectivity index (χ3v) is 5.77. The smallest absolute Gasteiger partial charge is 0.337 e. The zero-order chi connectivity index (χ0) is 21.4. The van der Waals surface area contributed by atoms with Gasteiger partial charge in [-0.25, -0.2) is 13.2 Å². The van der Waals surface area contributed by atoms with Crippen LogP contribution in [0.2, 0.25) is 0 Å². The molecular weight excluding hydrogens is 396 g/mol. The van der Waals surface area contributed by atoms with Gasteiger partial charge in [0.15, 0.2) is 0 Å². The number of nitrogens with zero attached hydrogens (tertiary/aromatic N) is 1. The number of benzene rings is 2. The molecule has 0 unspecified atom stereocenters. The molecule has 0 fully saturated rings. The fourth-order valence-corrected chi connectivity index (χ4v) is 4.12. The quantitative estimate of drug-likeness (QED) is 0.766. The molecule has 0 bridgehead atoms. The number of sulfonamides is 1. The Labute approximate surface area is 169 Å². The Morgan fingerprint density at radius 2 is 1.79 bits per heavy atom. The van der Waals surface area contributed by atoms with Crippen LogP contribution in [0.4, 0.5) is 11.4 Å². The van der Waals surface area contributed by atoms with E-state index in [0.29, 0.717) is 23.5 Å². The molecule has 2 aromatic carbocycles. The van der Waals surface area contributed by atoms with E-state index in [2.05, 4.69) is 9.46 Å². The van der Waals surface area contributed by atoms with Gasteiger partial charge >= 0.3 is 5.97 Å². The topological polar surface area (TPSA) is 102 Å². The van der Waals surface area contributed by atoms with E-state index in [1.165, 1.54) is 55.3 Å². The molecule has 2 aromatic rings. The van der Waals surface area contributed by atoms with E-state index in [9.17, 15) is 18.0 Å². The van der Waals surface area contributed by atoms with Crippen LogP contribution < -0.4 is 14.4 Å². The van der Waals surface area contributed by atoms with Crippen molar-refractivity contribution in [3.05, 3.63) is 48.0 Å². The SMILES string of the molecule is COC(=O)c1ccc(NS(=O)(=O)c2ccc3c(c2)N(C(C)=O)CC(C)(C)O3)cc1. The summed E-state index contributed by atoms with van der Waals surface area (Å²) < 4.78 is 38.6. The molecule has 1 amide bonds. The molecule has 0 saturated carbocycles. The number of hydrogen-bond donors (Lipinski definition) is 1. The average Bonchev–Trinajstić information content (AvgIpc) is 2.65. The van der Waals surface area contributed by atoms with Gasteiger partial charge in [0.1, 0.15) is 11.4 Å². The molecule has 9 heteroatoms. The minimum absolute atomic E-state index is 0.0112. The molecule has 1 heterocycles. The summed E-state index contributed by atoms with van der Waals surface area (Å²) in [5.74, 6) is -0.275. The Balaban J connectivity index is 1.91. The normalized spacial score (nSPS) is 15.1. The fourth-order valence-electron chi connectivity index (χ4n) is 3.04. The van der Waals surface area contributed by atoms with Gasteiger partial charge in [0, 0.05) is 12.6 Å². The zero-order valence-corrected chi connectivity index (χ0v) is 17.4. The highest BCUT2D eigenvalue weighted by Gasteiger charge is 2.34. The zero-order valence-electron chi connectivity index (χ0n) is 16.6. The summed E-state index contributed by atoms with van der Waals surface area (Å²) in [6.45, 7) is 5.45. The van der Waals surface area contributed by atoms with Gasteiger partial charge in [-0.2, -0.15) is 0 Å². The lowest BCUT2D eigenvalue weighted by Gasteiger charge is -2.39. The van der Waals surface area contributed by atoms with Crippen molar-refractivity contribution in [1.82, 2.24) is 0 Å². The number of rotatable bonds is 4. The predicted molar refractivity (Wildman–Crippen MR) is 108 cm³/mol. The first-order valence-electron chi connectivity index (χ1n) is 8.85. The average molecular weight is 418 g/mol.